The Bertz CT molecular complexity index is 510. The first-order valence-corrected chi connectivity index (χ1v) is 6.40. The van der Waals surface area contributed by atoms with Crippen molar-refractivity contribution >= 4 is 5.69 Å². The third-order valence-electron chi connectivity index (χ3n) is 2.95. The topological polar surface area (TPSA) is 21.3 Å². The van der Waals surface area contributed by atoms with Gasteiger partial charge in [-0.15, -0.1) is 0 Å². The molecule has 0 saturated carbocycles. The quantitative estimate of drug-likeness (QED) is 0.795. The summed E-state index contributed by atoms with van der Waals surface area (Å²) in [6.45, 7) is 0.864. The second kappa shape index (κ2) is 6.78. The molecule has 3 heteroatoms. The second-order valence-electron chi connectivity index (χ2n) is 4.39. The number of rotatable bonds is 6. The van der Waals surface area contributed by atoms with Gasteiger partial charge < -0.3 is 10.1 Å². The number of methoxy groups -OCH3 is 1. The molecule has 19 heavy (non-hydrogen) atoms. The molecule has 0 heterocycles. The van der Waals surface area contributed by atoms with E-state index in [2.05, 4.69) is 17.4 Å². The van der Waals surface area contributed by atoms with E-state index >= 15 is 0 Å². The van der Waals surface area contributed by atoms with E-state index in [0.29, 0.717) is 0 Å². The van der Waals surface area contributed by atoms with Gasteiger partial charge in [0.1, 0.15) is 11.6 Å². The van der Waals surface area contributed by atoms with Gasteiger partial charge in [0.25, 0.3) is 0 Å². The summed E-state index contributed by atoms with van der Waals surface area (Å²) >= 11 is 0. The van der Waals surface area contributed by atoms with Crippen LogP contribution in [0.1, 0.15) is 12.0 Å². The van der Waals surface area contributed by atoms with Crippen LogP contribution in [-0.4, -0.2) is 13.7 Å². The van der Waals surface area contributed by atoms with E-state index in [1.807, 2.05) is 12.1 Å². The maximum absolute atomic E-state index is 12.7. The maximum atomic E-state index is 12.7. The molecule has 0 aliphatic heterocycles. The lowest BCUT2D eigenvalue weighted by Gasteiger charge is -2.07. The number of nitrogens with one attached hydrogen (secondary N) is 1. The van der Waals surface area contributed by atoms with Crippen LogP contribution in [0, 0.1) is 5.82 Å². The molecule has 0 bridgehead atoms. The monoisotopic (exact) mass is 259 g/mol. The van der Waals surface area contributed by atoms with Gasteiger partial charge in [0.05, 0.1) is 7.11 Å². The smallest absolute Gasteiger partial charge is 0.123 e. The van der Waals surface area contributed by atoms with Crippen LogP contribution in [0.15, 0.2) is 48.5 Å². The largest absolute Gasteiger partial charge is 0.497 e. The molecule has 2 rings (SSSR count). The summed E-state index contributed by atoms with van der Waals surface area (Å²) in [6.07, 6.45) is 2.01. The van der Waals surface area contributed by atoms with Gasteiger partial charge in [0, 0.05) is 12.2 Å². The summed E-state index contributed by atoms with van der Waals surface area (Å²) in [5.74, 6) is 0.686. The van der Waals surface area contributed by atoms with E-state index in [0.717, 1.165) is 30.8 Å². The third kappa shape index (κ3) is 4.28. The first kappa shape index (κ1) is 13.4. The van der Waals surface area contributed by atoms with E-state index in [-0.39, 0.29) is 5.82 Å². The van der Waals surface area contributed by atoms with E-state index < -0.39 is 0 Å². The van der Waals surface area contributed by atoms with E-state index in [1.165, 1.54) is 17.7 Å². The van der Waals surface area contributed by atoms with Crippen LogP contribution in [-0.2, 0) is 6.42 Å². The molecule has 2 nitrogen and oxygen atoms in total. The zero-order valence-corrected chi connectivity index (χ0v) is 11.0. The van der Waals surface area contributed by atoms with Crippen LogP contribution >= 0.6 is 0 Å². The number of benzene rings is 2. The van der Waals surface area contributed by atoms with Gasteiger partial charge in [0.2, 0.25) is 0 Å². The number of anilines is 1. The number of hydrogen-bond acceptors (Lipinski definition) is 2. The molecule has 0 atom stereocenters. The first-order valence-electron chi connectivity index (χ1n) is 6.40. The molecular formula is C16H18FNO. The van der Waals surface area contributed by atoms with Gasteiger partial charge in [-0.2, -0.15) is 0 Å². The average Bonchev–Trinajstić information content (AvgIpc) is 2.46. The summed E-state index contributed by atoms with van der Waals surface area (Å²) in [7, 11) is 1.68. The molecule has 0 aromatic heterocycles. The SMILES string of the molecule is COc1cccc(CCCNc2ccc(F)cc2)c1. The lowest BCUT2D eigenvalue weighted by molar-refractivity contribution is 0.414. The molecule has 0 radical (unpaired) electrons. The predicted molar refractivity (Wildman–Crippen MR) is 76.2 cm³/mol. The minimum atomic E-state index is -0.207. The fraction of sp³-hybridized carbons (Fsp3) is 0.250. The lowest BCUT2D eigenvalue weighted by Crippen LogP contribution is -2.03. The lowest BCUT2D eigenvalue weighted by atomic mass is 10.1. The number of aryl methyl sites for hydroxylation is 1. The van der Waals surface area contributed by atoms with Crippen molar-refractivity contribution in [3.8, 4) is 5.75 Å². The van der Waals surface area contributed by atoms with Crippen molar-refractivity contribution in [2.75, 3.05) is 19.0 Å². The Balaban J connectivity index is 1.75. The summed E-state index contributed by atoms with van der Waals surface area (Å²) in [4.78, 5) is 0. The standard InChI is InChI=1S/C16H18FNO/c1-19-16-6-2-4-13(12-16)5-3-11-18-15-9-7-14(17)8-10-15/h2,4,6-10,12,18H,3,5,11H2,1H3. The maximum Gasteiger partial charge on any atom is 0.123 e. The van der Waals surface area contributed by atoms with Gasteiger partial charge in [0.15, 0.2) is 0 Å². The highest BCUT2D eigenvalue weighted by Gasteiger charge is 1.97. The molecule has 0 aliphatic carbocycles. The predicted octanol–water partition coefficient (Wildman–Crippen LogP) is 3.88. The molecule has 0 spiro atoms. The fourth-order valence-electron chi connectivity index (χ4n) is 1.92. The highest BCUT2D eigenvalue weighted by atomic mass is 19.1. The zero-order chi connectivity index (χ0) is 13.5. The van der Waals surface area contributed by atoms with Crippen molar-refractivity contribution in [1.29, 1.82) is 0 Å². The Labute approximate surface area is 113 Å². The van der Waals surface area contributed by atoms with Crippen molar-refractivity contribution in [3.05, 3.63) is 59.9 Å². The van der Waals surface area contributed by atoms with Crippen LogP contribution < -0.4 is 10.1 Å². The fourth-order valence-corrected chi connectivity index (χ4v) is 1.92. The highest BCUT2D eigenvalue weighted by Crippen LogP contribution is 2.14. The van der Waals surface area contributed by atoms with E-state index in [9.17, 15) is 4.39 Å². The van der Waals surface area contributed by atoms with Gasteiger partial charge in [-0.1, -0.05) is 12.1 Å². The molecule has 0 unspecified atom stereocenters. The Hall–Kier alpha value is -2.03. The first-order chi connectivity index (χ1) is 9.28. The second-order valence-corrected chi connectivity index (χ2v) is 4.39. The molecule has 0 amide bonds. The summed E-state index contributed by atoms with van der Waals surface area (Å²) < 4.78 is 17.9. The van der Waals surface area contributed by atoms with Crippen LogP contribution in [0.25, 0.3) is 0 Å². The van der Waals surface area contributed by atoms with Crippen LogP contribution in [0.3, 0.4) is 0 Å². The summed E-state index contributed by atoms with van der Waals surface area (Å²) in [6, 6.07) is 14.5. The third-order valence-corrected chi connectivity index (χ3v) is 2.95. The number of hydrogen-bond donors (Lipinski definition) is 1. The van der Waals surface area contributed by atoms with Gasteiger partial charge >= 0.3 is 0 Å². The van der Waals surface area contributed by atoms with Gasteiger partial charge in [-0.05, 0) is 54.8 Å². The minimum absolute atomic E-state index is 0.207. The zero-order valence-electron chi connectivity index (χ0n) is 11.0. The molecule has 2 aromatic carbocycles. The molecular weight excluding hydrogens is 241 g/mol. The minimum Gasteiger partial charge on any atom is -0.497 e. The molecule has 0 aliphatic rings. The highest BCUT2D eigenvalue weighted by molar-refractivity contribution is 5.42. The van der Waals surface area contributed by atoms with Crippen molar-refractivity contribution in [1.82, 2.24) is 0 Å². The van der Waals surface area contributed by atoms with Crippen molar-refractivity contribution in [2.24, 2.45) is 0 Å². The normalized spacial score (nSPS) is 10.2. The van der Waals surface area contributed by atoms with E-state index in [4.69, 9.17) is 4.74 Å². The average molecular weight is 259 g/mol. The Morgan fingerprint density at radius 1 is 1.11 bits per heavy atom. The summed E-state index contributed by atoms with van der Waals surface area (Å²) in [5.41, 5.74) is 2.22. The van der Waals surface area contributed by atoms with Gasteiger partial charge in [-0.25, -0.2) is 4.39 Å². The van der Waals surface area contributed by atoms with E-state index in [1.54, 1.807) is 19.2 Å². The van der Waals surface area contributed by atoms with Crippen LogP contribution in [0.5, 0.6) is 5.75 Å². The molecule has 0 fully saturated rings. The molecule has 1 N–H and O–H groups in total. The molecule has 2 aromatic rings. The van der Waals surface area contributed by atoms with Crippen molar-refractivity contribution in [2.45, 2.75) is 12.8 Å². The number of ether oxygens (including phenoxy) is 1. The van der Waals surface area contributed by atoms with Crippen LogP contribution in [0.4, 0.5) is 10.1 Å². The Morgan fingerprint density at radius 2 is 1.89 bits per heavy atom. The Kier molecular flexibility index (Phi) is 4.78. The summed E-state index contributed by atoms with van der Waals surface area (Å²) in [5, 5.41) is 3.27. The van der Waals surface area contributed by atoms with Crippen molar-refractivity contribution in [3.63, 3.8) is 0 Å². The van der Waals surface area contributed by atoms with Gasteiger partial charge in [-0.3, -0.25) is 0 Å². The molecule has 0 saturated heterocycles. The number of halogens is 1. The van der Waals surface area contributed by atoms with Crippen LogP contribution in [0.2, 0.25) is 0 Å². The van der Waals surface area contributed by atoms with Crippen molar-refractivity contribution < 1.29 is 9.13 Å². The Morgan fingerprint density at radius 3 is 2.63 bits per heavy atom. The molecule has 100 valence electrons.